The molecular formula is C21H34N4O3. The number of likely N-dealkylation sites (tertiary alicyclic amines) is 1. The summed E-state index contributed by atoms with van der Waals surface area (Å²) in [5, 5.41) is 3.07. The Morgan fingerprint density at radius 2 is 1.68 bits per heavy atom. The maximum Gasteiger partial charge on any atom is 0.333 e. The van der Waals surface area contributed by atoms with Crippen molar-refractivity contribution in [3.05, 3.63) is 0 Å². The van der Waals surface area contributed by atoms with Gasteiger partial charge in [0.25, 0.3) is 5.91 Å². The number of urea groups is 1. The summed E-state index contributed by atoms with van der Waals surface area (Å²) in [6.45, 7) is 2.73. The highest BCUT2D eigenvalue weighted by Gasteiger charge is 2.53. The van der Waals surface area contributed by atoms with Crippen LogP contribution >= 0.6 is 0 Å². The Balaban J connectivity index is 1.23. The number of hydrogen-bond acceptors (Lipinski definition) is 3. The molecule has 156 valence electrons. The van der Waals surface area contributed by atoms with E-state index in [1.54, 1.807) is 4.90 Å². The largest absolute Gasteiger partial charge is 0.334 e. The minimum atomic E-state index is -0.362. The molecule has 0 aromatic rings. The molecule has 5 rings (SSSR count). The van der Waals surface area contributed by atoms with Crippen LogP contribution in [0.15, 0.2) is 0 Å². The lowest BCUT2D eigenvalue weighted by molar-refractivity contribution is -0.135. The summed E-state index contributed by atoms with van der Waals surface area (Å²) in [6.07, 6.45) is 11.2. The molecule has 1 aliphatic heterocycles. The fraction of sp³-hybridized carbons (Fsp3) is 0.857. The van der Waals surface area contributed by atoms with Crippen LogP contribution in [0.3, 0.4) is 0 Å². The minimum Gasteiger partial charge on any atom is -0.334 e. The highest BCUT2D eigenvalue weighted by Crippen LogP contribution is 2.61. The van der Waals surface area contributed by atoms with Crippen LogP contribution in [0.4, 0.5) is 4.79 Å². The number of hydrogen-bond donors (Lipinski definition) is 3. The maximum atomic E-state index is 12.3. The van der Waals surface area contributed by atoms with Crippen LogP contribution in [0.25, 0.3) is 0 Å². The van der Waals surface area contributed by atoms with Gasteiger partial charge in [-0.1, -0.05) is 6.42 Å². The van der Waals surface area contributed by atoms with E-state index in [2.05, 4.69) is 23.1 Å². The van der Waals surface area contributed by atoms with Crippen molar-refractivity contribution in [2.24, 2.45) is 23.2 Å². The molecule has 1 unspecified atom stereocenters. The Bertz CT molecular complexity index is 600. The molecule has 3 N–H and O–H groups in total. The molecule has 4 bridgehead atoms. The number of nitrogens with zero attached hydrogens (tertiary/aromatic N) is 1. The number of amides is 4. The molecule has 4 aliphatic carbocycles. The van der Waals surface area contributed by atoms with Gasteiger partial charge >= 0.3 is 6.03 Å². The van der Waals surface area contributed by atoms with Crippen molar-refractivity contribution in [1.82, 2.24) is 21.1 Å². The van der Waals surface area contributed by atoms with Crippen molar-refractivity contribution in [1.29, 1.82) is 0 Å². The number of carbonyl (C=O) groups is 3. The van der Waals surface area contributed by atoms with Crippen LogP contribution in [0.1, 0.15) is 71.1 Å². The third-order valence-electron chi connectivity index (χ3n) is 7.67. The molecule has 1 saturated heterocycles. The van der Waals surface area contributed by atoms with Gasteiger partial charge in [-0.15, -0.1) is 0 Å². The highest BCUT2D eigenvalue weighted by atomic mass is 16.2. The van der Waals surface area contributed by atoms with Crippen molar-refractivity contribution in [2.75, 3.05) is 13.1 Å². The van der Waals surface area contributed by atoms with E-state index in [-0.39, 0.29) is 35.8 Å². The lowest BCUT2D eigenvalue weighted by Gasteiger charge is -2.59. The molecule has 7 nitrogen and oxygen atoms in total. The quantitative estimate of drug-likeness (QED) is 0.644. The zero-order chi connectivity index (χ0) is 19.7. The Hall–Kier alpha value is -1.79. The molecule has 4 saturated carbocycles. The lowest BCUT2D eigenvalue weighted by atomic mass is 9.48. The van der Waals surface area contributed by atoms with E-state index >= 15 is 0 Å². The van der Waals surface area contributed by atoms with Gasteiger partial charge in [0.05, 0.1) is 0 Å². The van der Waals surface area contributed by atoms with Gasteiger partial charge in [-0.2, -0.15) is 0 Å². The maximum absolute atomic E-state index is 12.3. The number of nitrogens with one attached hydrogen (secondary N) is 3. The van der Waals surface area contributed by atoms with E-state index in [0.29, 0.717) is 13.0 Å². The Morgan fingerprint density at radius 3 is 2.32 bits per heavy atom. The lowest BCUT2D eigenvalue weighted by Crippen LogP contribution is -2.59. The van der Waals surface area contributed by atoms with Gasteiger partial charge in [-0.05, 0) is 81.5 Å². The van der Waals surface area contributed by atoms with Gasteiger partial charge in [-0.3, -0.25) is 15.0 Å². The average molecular weight is 391 g/mol. The van der Waals surface area contributed by atoms with Gasteiger partial charge in [0.15, 0.2) is 0 Å². The highest BCUT2D eigenvalue weighted by molar-refractivity contribution is 5.86. The number of rotatable bonds is 4. The van der Waals surface area contributed by atoms with Crippen LogP contribution in [0.2, 0.25) is 0 Å². The third-order valence-corrected chi connectivity index (χ3v) is 7.67. The Morgan fingerprint density at radius 1 is 1.04 bits per heavy atom. The minimum absolute atomic E-state index is 0.00362. The van der Waals surface area contributed by atoms with Gasteiger partial charge in [0, 0.05) is 19.0 Å². The molecule has 5 aliphatic rings. The number of carbonyl (C=O) groups excluding carboxylic acids is 3. The second kappa shape index (κ2) is 7.91. The first-order valence-corrected chi connectivity index (χ1v) is 11.1. The Kier molecular flexibility index (Phi) is 5.52. The normalized spacial score (nSPS) is 35.2. The predicted molar refractivity (Wildman–Crippen MR) is 105 cm³/mol. The van der Waals surface area contributed by atoms with Crippen LogP contribution in [0, 0.1) is 23.2 Å². The molecule has 0 aromatic heterocycles. The zero-order valence-corrected chi connectivity index (χ0v) is 17.0. The fourth-order valence-electron chi connectivity index (χ4n) is 6.64. The predicted octanol–water partition coefficient (Wildman–Crippen LogP) is 2.32. The summed E-state index contributed by atoms with van der Waals surface area (Å²) in [5.41, 5.74) is 5.16. The molecule has 0 aromatic carbocycles. The van der Waals surface area contributed by atoms with Crippen LogP contribution in [-0.4, -0.2) is 41.9 Å². The number of hydrazine groups is 1. The summed E-state index contributed by atoms with van der Waals surface area (Å²) in [6, 6.07) is -0.260. The molecule has 1 atom stereocenters. The van der Waals surface area contributed by atoms with E-state index in [9.17, 15) is 14.4 Å². The molecule has 0 radical (unpaired) electrons. The molecule has 28 heavy (non-hydrogen) atoms. The smallest absolute Gasteiger partial charge is 0.333 e. The van der Waals surface area contributed by atoms with Crippen molar-refractivity contribution in [2.45, 2.75) is 77.2 Å². The second-order valence-electron chi connectivity index (χ2n) is 9.77. The fourth-order valence-corrected chi connectivity index (χ4v) is 6.64. The summed E-state index contributed by atoms with van der Waals surface area (Å²) in [5.74, 6) is 2.18. The van der Waals surface area contributed by atoms with E-state index in [4.69, 9.17) is 0 Å². The molecule has 7 heteroatoms. The summed E-state index contributed by atoms with van der Waals surface area (Å²) >= 11 is 0. The van der Waals surface area contributed by atoms with Crippen molar-refractivity contribution in [3.63, 3.8) is 0 Å². The van der Waals surface area contributed by atoms with Crippen molar-refractivity contribution < 1.29 is 14.4 Å². The SMILES string of the molecule is CC(NC(=O)NNC(=O)CN1CCCCCC1=O)C12CC3CC(CC(C3)C1)C2. The standard InChI is InChI=1S/C21H34N4O3/c1-14(21-10-15-7-16(11-21)9-17(8-15)12-21)22-20(28)24-23-18(26)13-25-6-4-2-3-5-19(25)27/h14-17H,2-13H2,1H3,(H,23,26)(H2,22,24,28). The zero-order valence-electron chi connectivity index (χ0n) is 17.0. The first-order chi connectivity index (χ1) is 13.4. The first-order valence-electron chi connectivity index (χ1n) is 11.1. The van der Waals surface area contributed by atoms with E-state index < -0.39 is 0 Å². The Labute approximate surface area is 167 Å². The van der Waals surface area contributed by atoms with Crippen molar-refractivity contribution in [3.8, 4) is 0 Å². The monoisotopic (exact) mass is 390 g/mol. The molecule has 5 fully saturated rings. The van der Waals surface area contributed by atoms with Gasteiger partial charge in [-0.25, -0.2) is 10.2 Å². The summed E-state index contributed by atoms with van der Waals surface area (Å²) in [4.78, 5) is 38.0. The van der Waals surface area contributed by atoms with E-state index in [1.807, 2.05) is 0 Å². The summed E-state index contributed by atoms with van der Waals surface area (Å²) < 4.78 is 0. The molecular weight excluding hydrogens is 356 g/mol. The average Bonchev–Trinajstić information content (AvgIpc) is 2.83. The van der Waals surface area contributed by atoms with Gasteiger partial charge in [0.1, 0.15) is 6.54 Å². The third kappa shape index (κ3) is 4.13. The first kappa shape index (κ1) is 19.5. The topological polar surface area (TPSA) is 90.5 Å². The molecule has 4 amide bonds. The van der Waals surface area contributed by atoms with E-state index in [0.717, 1.165) is 37.0 Å². The van der Waals surface area contributed by atoms with E-state index in [1.165, 1.54) is 38.5 Å². The van der Waals surface area contributed by atoms with Crippen LogP contribution < -0.4 is 16.2 Å². The molecule has 0 spiro atoms. The second-order valence-corrected chi connectivity index (χ2v) is 9.77. The van der Waals surface area contributed by atoms with Gasteiger partial charge < -0.3 is 10.2 Å². The molecule has 1 heterocycles. The van der Waals surface area contributed by atoms with Gasteiger partial charge in [0.2, 0.25) is 5.91 Å². The summed E-state index contributed by atoms with van der Waals surface area (Å²) in [7, 11) is 0. The van der Waals surface area contributed by atoms with Crippen LogP contribution in [0.5, 0.6) is 0 Å². The van der Waals surface area contributed by atoms with Crippen LogP contribution in [-0.2, 0) is 9.59 Å². The van der Waals surface area contributed by atoms with Crippen molar-refractivity contribution >= 4 is 17.8 Å².